The second kappa shape index (κ2) is 48.1. The quantitative estimate of drug-likeness (QED) is 0.0495. The van der Waals surface area contributed by atoms with Crippen LogP contribution in [0.25, 0.3) is 0 Å². The minimum absolute atomic E-state index is 0.0462. The predicted octanol–water partition coefficient (Wildman–Crippen LogP) is 6.04. The van der Waals surface area contributed by atoms with Crippen LogP contribution in [0.4, 0.5) is 0 Å². The fraction of sp³-hybridized carbons (Fsp3) is 0.878. The highest BCUT2D eigenvalue weighted by Gasteiger charge is 2.61. The van der Waals surface area contributed by atoms with E-state index >= 15 is 38.4 Å². The lowest BCUT2D eigenvalue weighted by molar-refractivity contribution is -0.177. The second-order valence-electron chi connectivity index (χ2n) is 37.3. The number of likely N-dealkylation sites (N-methyl/N-ethyl adjacent to an activating group) is 10. The standard InChI is InChI=1S/C82H156N10O20/c1-33-74(4,64(94)104-45-35-84(15)16)55-76(6,66(96)106-47-37-86(19)20)57-78(8,68(98)108-49-39-88(23)24)59-80(10,70(100)110-51-41-90(27)28)61-82(12,72(102)112-53-43-92(31)32)62-81(11,71(101)111-52-42-91(29)30)60-79(9,69(99)109-50-40-89(25)26)58-77(7,67(97)107-48-38-87(21)22)56-75(5,65(95)105-46-36-85(17)18)54-73(2,3)63(93)103-44-34-83(13)14/h33-62H2,1-32H3. The number of hydrogen-bond donors (Lipinski definition) is 0. The van der Waals surface area contributed by atoms with Crippen LogP contribution in [0.1, 0.15) is 147 Å². The zero-order valence-corrected chi connectivity index (χ0v) is 75.9. The Morgan fingerprint density at radius 3 is 0.411 bits per heavy atom. The van der Waals surface area contributed by atoms with E-state index in [4.69, 9.17) is 47.4 Å². The van der Waals surface area contributed by atoms with E-state index in [1.165, 1.54) is 0 Å². The van der Waals surface area contributed by atoms with Crippen molar-refractivity contribution >= 4 is 59.7 Å². The lowest BCUT2D eigenvalue weighted by Gasteiger charge is -2.47. The van der Waals surface area contributed by atoms with E-state index in [1.807, 2.05) is 92.7 Å². The maximum Gasteiger partial charge on any atom is 0.311 e. The Hall–Kier alpha value is -5.70. The maximum absolute atomic E-state index is 16.1. The summed E-state index contributed by atoms with van der Waals surface area (Å²) in [6, 6.07) is 0. The molecule has 654 valence electrons. The molecule has 0 saturated carbocycles. The zero-order valence-electron chi connectivity index (χ0n) is 75.9. The molecule has 9 atom stereocenters. The summed E-state index contributed by atoms with van der Waals surface area (Å²) in [7, 11) is 36.2. The lowest BCUT2D eigenvalue weighted by atomic mass is 9.56. The summed E-state index contributed by atoms with van der Waals surface area (Å²) in [6.07, 6.45) is -3.63. The second-order valence-corrected chi connectivity index (χ2v) is 37.3. The summed E-state index contributed by atoms with van der Waals surface area (Å²) in [6.45, 7) is 21.4. The van der Waals surface area contributed by atoms with Gasteiger partial charge in [-0.05, 0) is 281 Å². The Balaban J connectivity index is 10.1. The number of ether oxygens (including phenoxy) is 10. The molecule has 0 rings (SSSR count). The number of carbonyl (C=O) groups is 10. The molecule has 30 nitrogen and oxygen atoms in total. The smallest absolute Gasteiger partial charge is 0.311 e. The largest absolute Gasteiger partial charge is 0.464 e. The summed E-state index contributed by atoms with van der Waals surface area (Å²) in [5.41, 5.74) is -18.1. The van der Waals surface area contributed by atoms with Crippen LogP contribution >= 0.6 is 0 Å². The Kier molecular flexibility index (Phi) is 45.7. The van der Waals surface area contributed by atoms with Crippen molar-refractivity contribution in [2.75, 3.05) is 272 Å². The molecule has 0 heterocycles. The first-order valence-corrected chi connectivity index (χ1v) is 39.5. The van der Waals surface area contributed by atoms with E-state index in [0.717, 1.165) is 0 Å². The molecule has 0 amide bonds. The van der Waals surface area contributed by atoms with Crippen LogP contribution in [-0.4, -0.2) is 381 Å². The van der Waals surface area contributed by atoms with E-state index in [1.54, 1.807) is 180 Å². The number of nitrogens with zero attached hydrogens (tertiary/aromatic N) is 10. The first-order chi connectivity index (χ1) is 51.3. The third kappa shape index (κ3) is 37.9. The van der Waals surface area contributed by atoms with Gasteiger partial charge in [0.2, 0.25) is 0 Å². The summed E-state index contributed by atoms with van der Waals surface area (Å²) in [4.78, 5) is 173. The van der Waals surface area contributed by atoms with Crippen LogP contribution in [0, 0.1) is 54.1 Å². The zero-order chi connectivity index (χ0) is 86.8. The Bertz CT molecular complexity index is 2930. The van der Waals surface area contributed by atoms with Gasteiger partial charge in [0.05, 0.1) is 54.1 Å². The molecule has 0 aromatic heterocycles. The van der Waals surface area contributed by atoms with Crippen LogP contribution in [-0.2, 0) is 95.3 Å². The molecule has 0 radical (unpaired) electrons. The van der Waals surface area contributed by atoms with E-state index in [9.17, 15) is 9.59 Å². The molecule has 0 N–H and O–H groups in total. The van der Waals surface area contributed by atoms with E-state index < -0.39 is 159 Å². The van der Waals surface area contributed by atoms with Gasteiger partial charge in [-0.1, -0.05) is 6.92 Å². The number of hydrogen-bond acceptors (Lipinski definition) is 30. The molecular weight excluding hydrogens is 1440 g/mol. The van der Waals surface area contributed by atoms with Crippen molar-refractivity contribution in [1.82, 2.24) is 49.0 Å². The molecule has 112 heavy (non-hydrogen) atoms. The highest BCUT2D eigenvalue weighted by Crippen LogP contribution is 2.57. The predicted molar refractivity (Wildman–Crippen MR) is 434 cm³/mol. The summed E-state index contributed by atoms with van der Waals surface area (Å²) < 4.78 is 61.6. The van der Waals surface area contributed by atoms with Gasteiger partial charge in [-0.3, -0.25) is 47.9 Å². The van der Waals surface area contributed by atoms with Crippen molar-refractivity contribution in [3.8, 4) is 0 Å². The SMILES string of the molecule is CCC(C)(CC(C)(CC(C)(CC(C)(CC(C)(CC(C)(CC(C)(CC(C)(CC(C)(CC(C)(C)C(=O)OCCN(C)C)C(=O)OCCN(C)C)C(=O)OCCN(C)C)C(=O)OCCN(C)C)C(=O)OCCN(C)C)C(=O)OCCN(C)C)C(=O)OCCN(C)C)C(=O)OCCN(C)C)C(=O)OCCN(C)C)C(=O)OCCN(C)C. The van der Waals surface area contributed by atoms with Crippen molar-refractivity contribution in [3.63, 3.8) is 0 Å². The maximum atomic E-state index is 16.1. The molecule has 0 saturated heterocycles. The van der Waals surface area contributed by atoms with Gasteiger partial charge in [-0.2, -0.15) is 0 Å². The summed E-state index contributed by atoms with van der Waals surface area (Å²) >= 11 is 0. The van der Waals surface area contributed by atoms with E-state index in [2.05, 4.69) is 0 Å². The summed E-state index contributed by atoms with van der Waals surface area (Å²) in [5.74, 6) is -7.83. The van der Waals surface area contributed by atoms with Crippen LogP contribution in [0.5, 0.6) is 0 Å². The highest BCUT2D eigenvalue weighted by molar-refractivity contribution is 5.88. The minimum Gasteiger partial charge on any atom is -0.464 e. The van der Waals surface area contributed by atoms with Gasteiger partial charge in [-0.25, -0.2) is 0 Å². The van der Waals surface area contributed by atoms with Gasteiger partial charge in [0.25, 0.3) is 0 Å². The Labute approximate surface area is 675 Å². The van der Waals surface area contributed by atoms with Crippen molar-refractivity contribution in [2.24, 2.45) is 54.1 Å². The molecule has 0 aromatic rings. The molecule has 0 bridgehead atoms. The third-order valence-corrected chi connectivity index (χ3v) is 20.6. The molecule has 0 aromatic carbocycles. The van der Waals surface area contributed by atoms with Crippen molar-refractivity contribution in [1.29, 1.82) is 0 Å². The van der Waals surface area contributed by atoms with Gasteiger partial charge in [0.15, 0.2) is 0 Å². The Morgan fingerprint density at radius 2 is 0.286 bits per heavy atom. The number of carbonyl (C=O) groups excluding carboxylic acids is 10. The molecule has 0 aliphatic heterocycles. The van der Waals surface area contributed by atoms with Crippen molar-refractivity contribution in [2.45, 2.75) is 147 Å². The molecule has 0 aliphatic rings. The first kappa shape index (κ1) is 106. The van der Waals surface area contributed by atoms with Crippen molar-refractivity contribution in [3.05, 3.63) is 0 Å². The first-order valence-electron chi connectivity index (χ1n) is 39.5. The lowest BCUT2D eigenvalue weighted by Crippen LogP contribution is -2.52. The summed E-state index contributed by atoms with van der Waals surface area (Å²) in [5, 5.41) is 0. The topological polar surface area (TPSA) is 295 Å². The normalized spacial score (nSPS) is 17.1. The van der Waals surface area contributed by atoms with Gasteiger partial charge < -0.3 is 96.4 Å². The Morgan fingerprint density at radius 1 is 0.179 bits per heavy atom. The third-order valence-electron chi connectivity index (χ3n) is 20.6. The van der Waals surface area contributed by atoms with Gasteiger partial charge >= 0.3 is 59.7 Å². The molecule has 30 heteroatoms. The molecule has 0 spiro atoms. The van der Waals surface area contributed by atoms with Gasteiger partial charge in [0, 0.05) is 65.4 Å². The minimum atomic E-state index is -2.04. The number of esters is 10. The fourth-order valence-corrected chi connectivity index (χ4v) is 14.9. The van der Waals surface area contributed by atoms with Crippen LogP contribution in [0.3, 0.4) is 0 Å². The molecule has 9 unspecified atom stereocenters. The average molecular weight is 1600 g/mol. The van der Waals surface area contributed by atoms with E-state index in [-0.39, 0.29) is 125 Å². The van der Waals surface area contributed by atoms with Crippen LogP contribution < -0.4 is 0 Å². The van der Waals surface area contributed by atoms with Gasteiger partial charge in [-0.15, -0.1) is 0 Å². The average Bonchev–Trinajstić information content (AvgIpc) is 0.747. The van der Waals surface area contributed by atoms with Crippen LogP contribution in [0.2, 0.25) is 0 Å². The monoisotopic (exact) mass is 1600 g/mol. The molecule has 0 aliphatic carbocycles. The highest BCUT2D eigenvalue weighted by atomic mass is 16.6. The number of rotatable bonds is 59. The molecular formula is C82H156N10O20. The fourth-order valence-electron chi connectivity index (χ4n) is 14.9. The molecule has 0 fully saturated rings. The van der Waals surface area contributed by atoms with E-state index in [0.29, 0.717) is 26.2 Å². The van der Waals surface area contributed by atoms with Gasteiger partial charge in [0.1, 0.15) is 66.1 Å². The van der Waals surface area contributed by atoms with Crippen molar-refractivity contribution < 1.29 is 95.3 Å². The van der Waals surface area contributed by atoms with Crippen LogP contribution in [0.15, 0.2) is 0 Å².